The Morgan fingerprint density at radius 2 is 2.12 bits per heavy atom. The molecule has 2 N–H and O–H groups in total. The molecule has 3 rings (SSSR count). The van der Waals surface area contributed by atoms with E-state index in [1.165, 1.54) is 12.8 Å². The third-order valence-corrected chi connectivity index (χ3v) is 5.18. The van der Waals surface area contributed by atoms with E-state index in [1.807, 2.05) is 13.0 Å². The summed E-state index contributed by atoms with van der Waals surface area (Å²) < 4.78 is 1.55. The summed E-state index contributed by atoms with van der Waals surface area (Å²) >= 11 is 0. The molecule has 26 heavy (non-hydrogen) atoms. The molecule has 1 fully saturated rings. The van der Waals surface area contributed by atoms with E-state index in [0.29, 0.717) is 30.3 Å². The fraction of sp³-hybridized carbons (Fsp3) is 0.600. The molecular weight excluding hydrogens is 350 g/mol. The third kappa shape index (κ3) is 4.64. The van der Waals surface area contributed by atoms with Gasteiger partial charge in [-0.3, -0.25) is 9.36 Å². The lowest BCUT2D eigenvalue weighted by molar-refractivity contribution is 0.123. The van der Waals surface area contributed by atoms with Crippen LogP contribution in [-0.4, -0.2) is 33.3 Å². The maximum atomic E-state index is 12.9. The Bertz CT molecular complexity index is 797. The van der Waals surface area contributed by atoms with Crippen LogP contribution in [0.15, 0.2) is 23.3 Å². The summed E-state index contributed by atoms with van der Waals surface area (Å²) in [4.78, 5) is 17.4. The van der Waals surface area contributed by atoms with Gasteiger partial charge >= 0.3 is 0 Å². The van der Waals surface area contributed by atoms with Crippen molar-refractivity contribution in [1.82, 2.24) is 14.9 Å². The van der Waals surface area contributed by atoms with E-state index in [-0.39, 0.29) is 18.0 Å². The number of halogens is 1. The number of aromatic nitrogens is 2. The van der Waals surface area contributed by atoms with Crippen molar-refractivity contribution in [2.24, 2.45) is 0 Å². The zero-order valence-electron chi connectivity index (χ0n) is 15.9. The van der Waals surface area contributed by atoms with E-state index >= 15 is 0 Å². The number of rotatable bonds is 5. The molecule has 2 aromatic rings. The first-order chi connectivity index (χ1) is 12.0. The van der Waals surface area contributed by atoms with Crippen molar-refractivity contribution < 1.29 is 5.11 Å². The molecule has 1 saturated heterocycles. The van der Waals surface area contributed by atoms with E-state index in [2.05, 4.69) is 30.2 Å². The highest BCUT2D eigenvalue weighted by Gasteiger charge is 2.18. The maximum Gasteiger partial charge on any atom is 0.261 e. The lowest BCUT2D eigenvalue weighted by Crippen LogP contribution is -2.38. The highest BCUT2D eigenvalue weighted by atomic mass is 35.5. The average molecular weight is 380 g/mol. The van der Waals surface area contributed by atoms with Crippen molar-refractivity contribution >= 4 is 23.3 Å². The van der Waals surface area contributed by atoms with Gasteiger partial charge in [-0.25, -0.2) is 4.98 Å². The van der Waals surface area contributed by atoms with Crippen molar-refractivity contribution in [2.45, 2.75) is 71.1 Å². The minimum atomic E-state index is -0.540. The molecule has 5 nitrogen and oxygen atoms in total. The molecule has 1 aromatic carbocycles. The number of nitrogens with zero attached hydrogens (tertiary/aromatic N) is 2. The number of aryl methyl sites for hydroxylation is 1. The normalized spacial score (nSPS) is 18.7. The molecule has 0 saturated carbocycles. The molecule has 0 aliphatic carbocycles. The molecular formula is C20H30ClN3O2. The Kier molecular flexibility index (Phi) is 7.21. The molecule has 2 heterocycles. The largest absolute Gasteiger partial charge is 0.391 e. The van der Waals surface area contributed by atoms with Gasteiger partial charge in [-0.2, -0.15) is 0 Å². The smallest absolute Gasteiger partial charge is 0.261 e. The van der Waals surface area contributed by atoms with Gasteiger partial charge in [-0.05, 0) is 55.8 Å². The molecule has 0 radical (unpaired) electrons. The second-order valence-corrected chi connectivity index (χ2v) is 7.63. The third-order valence-electron chi connectivity index (χ3n) is 5.18. The van der Waals surface area contributed by atoms with Crippen LogP contribution in [0, 0.1) is 6.92 Å². The summed E-state index contributed by atoms with van der Waals surface area (Å²) in [7, 11) is 0. The molecule has 0 amide bonds. The van der Waals surface area contributed by atoms with Gasteiger partial charge in [0.15, 0.2) is 0 Å². The Balaban J connectivity index is 0.00000243. The standard InChI is InChI=1S/C20H29N3O2.ClH/c1-13(2)15-8-14(3)19-18(9-15)20(25)23(12-22-19)11-17(24)10-16-6-4-5-7-21-16;/h8-9,12-13,16-17,21,24H,4-7,10-11H2,1-3H3;1H/t16-,17-;/m0./s1. The highest BCUT2D eigenvalue weighted by molar-refractivity contribution is 5.85. The first kappa shape index (κ1) is 20.9. The quantitative estimate of drug-likeness (QED) is 0.837. The van der Waals surface area contributed by atoms with Crippen LogP contribution in [0.2, 0.25) is 0 Å². The van der Waals surface area contributed by atoms with Crippen LogP contribution in [0.25, 0.3) is 10.9 Å². The first-order valence-corrected chi connectivity index (χ1v) is 9.37. The summed E-state index contributed by atoms with van der Waals surface area (Å²) in [5, 5.41) is 14.5. The van der Waals surface area contributed by atoms with Gasteiger partial charge in [0.05, 0.1) is 29.9 Å². The molecule has 1 aromatic heterocycles. The predicted molar refractivity (Wildman–Crippen MR) is 108 cm³/mol. The Hall–Kier alpha value is -1.43. The SMILES string of the molecule is Cc1cc(C(C)C)cc2c(=O)n(C[C@@H](O)C[C@@H]3CCCCN3)cnc12.Cl. The molecule has 144 valence electrons. The van der Waals surface area contributed by atoms with Gasteiger partial charge in [0.1, 0.15) is 0 Å². The Labute approximate surface area is 161 Å². The zero-order valence-corrected chi connectivity index (χ0v) is 16.7. The van der Waals surface area contributed by atoms with Crippen molar-refractivity contribution in [2.75, 3.05) is 6.54 Å². The van der Waals surface area contributed by atoms with Crippen molar-refractivity contribution in [1.29, 1.82) is 0 Å². The minimum absolute atomic E-state index is 0. The van der Waals surface area contributed by atoms with E-state index in [1.54, 1.807) is 10.9 Å². The van der Waals surface area contributed by atoms with Crippen LogP contribution >= 0.6 is 12.4 Å². The van der Waals surface area contributed by atoms with Gasteiger partial charge in [-0.1, -0.05) is 26.3 Å². The van der Waals surface area contributed by atoms with Gasteiger partial charge in [-0.15, -0.1) is 12.4 Å². The number of fused-ring (bicyclic) bond motifs is 1. The topological polar surface area (TPSA) is 67.2 Å². The first-order valence-electron chi connectivity index (χ1n) is 9.37. The summed E-state index contributed by atoms with van der Waals surface area (Å²) in [6.45, 7) is 7.55. The predicted octanol–water partition coefficient (Wildman–Crippen LogP) is 3.14. The van der Waals surface area contributed by atoms with Crippen LogP contribution < -0.4 is 10.9 Å². The van der Waals surface area contributed by atoms with Crippen LogP contribution in [0.3, 0.4) is 0 Å². The molecule has 6 heteroatoms. The second-order valence-electron chi connectivity index (χ2n) is 7.63. The van der Waals surface area contributed by atoms with Gasteiger partial charge < -0.3 is 10.4 Å². The zero-order chi connectivity index (χ0) is 18.0. The Morgan fingerprint density at radius 3 is 2.77 bits per heavy atom. The molecule has 0 spiro atoms. The van der Waals surface area contributed by atoms with Gasteiger partial charge in [0, 0.05) is 6.04 Å². The molecule has 1 aliphatic rings. The van der Waals surface area contributed by atoms with Crippen molar-refractivity contribution in [3.05, 3.63) is 39.9 Å². The van der Waals surface area contributed by atoms with Gasteiger partial charge in [0.25, 0.3) is 5.56 Å². The number of benzene rings is 1. The summed E-state index contributed by atoms with van der Waals surface area (Å²) in [5.41, 5.74) is 2.87. The van der Waals surface area contributed by atoms with E-state index in [9.17, 15) is 9.90 Å². The second kappa shape index (κ2) is 8.98. The highest BCUT2D eigenvalue weighted by Crippen LogP contribution is 2.21. The molecule has 0 bridgehead atoms. The monoisotopic (exact) mass is 379 g/mol. The number of aliphatic hydroxyl groups is 1. The fourth-order valence-corrected chi connectivity index (χ4v) is 3.70. The van der Waals surface area contributed by atoms with Crippen molar-refractivity contribution in [3.8, 4) is 0 Å². The van der Waals surface area contributed by atoms with Crippen molar-refractivity contribution in [3.63, 3.8) is 0 Å². The fourth-order valence-electron chi connectivity index (χ4n) is 3.70. The van der Waals surface area contributed by atoms with E-state index in [4.69, 9.17) is 0 Å². The number of piperidine rings is 1. The van der Waals surface area contributed by atoms with E-state index < -0.39 is 6.10 Å². The number of aliphatic hydroxyl groups excluding tert-OH is 1. The lowest BCUT2D eigenvalue weighted by Gasteiger charge is -2.25. The maximum absolute atomic E-state index is 12.9. The number of nitrogens with one attached hydrogen (secondary N) is 1. The van der Waals surface area contributed by atoms with Crippen LogP contribution in [0.4, 0.5) is 0 Å². The van der Waals surface area contributed by atoms with Crippen LogP contribution in [0.1, 0.15) is 56.6 Å². The molecule has 0 unspecified atom stereocenters. The molecule has 2 atom stereocenters. The summed E-state index contributed by atoms with van der Waals surface area (Å²) in [5.74, 6) is 0.360. The number of hydrogen-bond acceptors (Lipinski definition) is 4. The van der Waals surface area contributed by atoms with Crippen LogP contribution in [-0.2, 0) is 6.54 Å². The Morgan fingerprint density at radius 1 is 1.35 bits per heavy atom. The summed E-state index contributed by atoms with van der Waals surface area (Å²) in [6, 6.07) is 4.41. The summed E-state index contributed by atoms with van der Waals surface area (Å²) in [6.07, 6.45) is 5.22. The molecule has 1 aliphatic heterocycles. The lowest BCUT2D eigenvalue weighted by atomic mass is 9.98. The van der Waals surface area contributed by atoms with Gasteiger partial charge in [0.2, 0.25) is 0 Å². The number of hydrogen-bond donors (Lipinski definition) is 2. The average Bonchev–Trinajstić information content (AvgIpc) is 2.58. The van der Waals surface area contributed by atoms with Crippen LogP contribution in [0.5, 0.6) is 0 Å². The minimum Gasteiger partial charge on any atom is -0.391 e. The van der Waals surface area contributed by atoms with E-state index in [0.717, 1.165) is 29.6 Å².